The van der Waals surface area contributed by atoms with Gasteiger partial charge in [-0.15, -0.1) is 0 Å². The highest BCUT2D eigenvalue weighted by Gasteiger charge is 2.09. The molecule has 0 aromatic carbocycles. The fraction of sp³-hybridized carbons (Fsp3) is 0.733. The average molecular weight is 252 g/mol. The molecule has 1 unspecified atom stereocenters. The van der Waals surface area contributed by atoms with Crippen LogP contribution in [0.1, 0.15) is 39.2 Å². The van der Waals surface area contributed by atoms with Crippen LogP contribution < -0.4 is 5.32 Å². The molecule has 1 rings (SSSR count). The molecule has 104 valence electrons. The zero-order valence-electron chi connectivity index (χ0n) is 12.3. The van der Waals surface area contributed by atoms with E-state index in [-0.39, 0.29) is 0 Å². The quantitative estimate of drug-likeness (QED) is 0.684. The van der Waals surface area contributed by atoms with E-state index in [0.717, 1.165) is 25.6 Å². The molecule has 0 saturated carbocycles. The summed E-state index contributed by atoms with van der Waals surface area (Å²) in [6.45, 7) is 10.0. The number of hydrogen-bond donors (Lipinski definition) is 1. The average Bonchev–Trinajstić information content (AvgIpc) is 2.80. The normalized spacial score (nSPS) is 13.4. The Bertz CT molecular complexity index is 295. The van der Waals surface area contributed by atoms with Crippen LogP contribution in [0.25, 0.3) is 0 Å². The first-order valence-corrected chi connectivity index (χ1v) is 7.01. The van der Waals surface area contributed by atoms with Crippen molar-refractivity contribution in [2.45, 2.75) is 46.2 Å². The maximum atomic E-state index is 5.09. The van der Waals surface area contributed by atoms with Crippen molar-refractivity contribution in [1.29, 1.82) is 0 Å². The lowest BCUT2D eigenvalue weighted by atomic mass is 10.1. The molecule has 1 heterocycles. The molecule has 0 saturated heterocycles. The summed E-state index contributed by atoms with van der Waals surface area (Å²) in [5.74, 6) is 0.742. The summed E-state index contributed by atoms with van der Waals surface area (Å²) in [4.78, 5) is 2.38. The first kappa shape index (κ1) is 15.3. The summed E-state index contributed by atoms with van der Waals surface area (Å²) >= 11 is 0. The van der Waals surface area contributed by atoms with Crippen LogP contribution in [0.15, 0.2) is 23.0 Å². The molecule has 1 N–H and O–H groups in total. The summed E-state index contributed by atoms with van der Waals surface area (Å²) < 4.78 is 5.09. The molecule has 0 spiro atoms. The molecule has 0 amide bonds. The van der Waals surface area contributed by atoms with E-state index in [0.29, 0.717) is 6.04 Å². The standard InChI is InChI=1S/C15H28N2O/c1-13(2)10-16-8-5-6-14(3)17(4)11-15-7-9-18-12-15/h7,9,12-14,16H,5-6,8,10-11H2,1-4H3. The van der Waals surface area contributed by atoms with E-state index < -0.39 is 0 Å². The molecular weight excluding hydrogens is 224 g/mol. The monoisotopic (exact) mass is 252 g/mol. The molecule has 0 fully saturated rings. The third kappa shape index (κ3) is 6.22. The Morgan fingerprint density at radius 2 is 2.11 bits per heavy atom. The summed E-state index contributed by atoms with van der Waals surface area (Å²) in [6.07, 6.45) is 6.04. The maximum Gasteiger partial charge on any atom is 0.0947 e. The SMILES string of the molecule is CC(C)CNCCCC(C)N(C)Cc1ccoc1. The lowest BCUT2D eigenvalue weighted by Gasteiger charge is -2.24. The Morgan fingerprint density at radius 1 is 1.33 bits per heavy atom. The van der Waals surface area contributed by atoms with Crippen molar-refractivity contribution in [2.24, 2.45) is 5.92 Å². The largest absolute Gasteiger partial charge is 0.472 e. The predicted molar refractivity (Wildman–Crippen MR) is 76.6 cm³/mol. The van der Waals surface area contributed by atoms with E-state index in [2.05, 4.69) is 38.0 Å². The topological polar surface area (TPSA) is 28.4 Å². The molecule has 0 aliphatic heterocycles. The van der Waals surface area contributed by atoms with Crippen molar-refractivity contribution in [1.82, 2.24) is 10.2 Å². The van der Waals surface area contributed by atoms with Crippen LogP contribution in [-0.2, 0) is 6.54 Å². The van der Waals surface area contributed by atoms with E-state index in [1.807, 2.05) is 12.3 Å². The highest BCUT2D eigenvalue weighted by molar-refractivity contribution is 5.04. The van der Waals surface area contributed by atoms with Gasteiger partial charge in [0.1, 0.15) is 0 Å². The van der Waals surface area contributed by atoms with Gasteiger partial charge < -0.3 is 9.73 Å². The smallest absolute Gasteiger partial charge is 0.0947 e. The molecule has 0 bridgehead atoms. The third-order valence-electron chi connectivity index (χ3n) is 3.29. The van der Waals surface area contributed by atoms with Gasteiger partial charge in [-0.25, -0.2) is 0 Å². The summed E-state index contributed by atoms with van der Waals surface area (Å²) in [6, 6.07) is 2.65. The Kier molecular flexibility index (Phi) is 7.06. The van der Waals surface area contributed by atoms with Gasteiger partial charge in [0.05, 0.1) is 12.5 Å². The van der Waals surface area contributed by atoms with E-state index in [4.69, 9.17) is 4.42 Å². The Hall–Kier alpha value is -0.800. The van der Waals surface area contributed by atoms with Gasteiger partial charge in [-0.3, -0.25) is 4.90 Å². The van der Waals surface area contributed by atoms with Crippen molar-refractivity contribution in [2.75, 3.05) is 20.1 Å². The predicted octanol–water partition coefficient (Wildman–Crippen LogP) is 3.13. The first-order valence-electron chi connectivity index (χ1n) is 7.01. The minimum atomic E-state index is 0.612. The number of furan rings is 1. The van der Waals surface area contributed by atoms with Crippen LogP contribution in [0.5, 0.6) is 0 Å². The van der Waals surface area contributed by atoms with E-state index in [1.165, 1.54) is 18.4 Å². The summed E-state index contributed by atoms with van der Waals surface area (Å²) in [7, 11) is 2.18. The van der Waals surface area contributed by atoms with Crippen molar-refractivity contribution in [3.05, 3.63) is 24.2 Å². The van der Waals surface area contributed by atoms with Crippen LogP contribution in [0.4, 0.5) is 0 Å². The number of rotatable bonds is 9. The van der Waals surface area contributed by atoms with Gasteiger partial charge in [0, 0.05) is 18.2 Å². The van der Waals surface area contributed by atoms with Gasteiger partial charge in [-0.2, -0.15) is 0 Å². The fourth-order valence-electron chi connectivity index (χ4n) is 1.96. The van der Waals surface area contributed by atoms with Crippen LogP contribution in [0.3, 0.4) is 0 Å². The second kappa shape index (κ2) is 8.33. The summed E-state index contributed by atoms with van der Waals surface area (Å²) in [5, 5.41) is 3.49. The van der Waals surface area contributed by atoms with E-state index >= 15 is 0 Å². The van der Waals surface area contributed by atoms with Crippen molar-refractivity contribution in [3.63, 3.8) is 0 Å². The molecule has 1 atom stereocenters. The molecule has 18 heavy (non-hydrogen) atoms. The Labute approximate surface area is 112 Å². The lowest BCUT2D eigenvalue weighted by Crippen LogP contribution is -2.29. The van der Waals surface area contributed by atoms with Crippen LogP contribution in [-0.4, -0.2) is 31.1 Å². The van der Waals surface area contributed by atoms with Crippen molar-refractivity contribution < 1.29 is 4.42 Å². The molecule has 3 nitrogen and oxygen atoms in total. The second-order valence-corrected chi connectivity index (χ2v) is 5.64. The first-order chi connectivity index (χ1) is 8.59. The van der Waals surface area contributed by atoms with Crippen LogP contribution in [0.2, 0.25) is 0 Å². The second-order valence-electron chi connectivity index (χ2n) is 5.64. The van der Waals surface area contributed by atoms with Crippen molar-refractivity contribution >= 4 is 0 Å². The number of nitrogens with zero attached hydrogens (tertiary/aromatic N) is 1. The van der Waals surface area contributed by atoms with E-state index in [9.17, 15) is 0 Å². The van der Waals surface area contributed by atoms with Crippen LogP contribution >= 0.6 is 0 Å². The molecule has 0 radical (unpaired) electrons. The minimum Gasteiger partial charge on any atom is -0.472 e. The van der Waals surface area contributed by atoms with Gasteiger partial charge in [-0.05, 0) is 51.9 Å². The highest BCUT2D eigenvalue weighted by Crippen LogP contribution is 2.10. The Balaban J connectivity index is 2.10. The van der Waals surface area contributed by atoms with Crippen molar-refractivity contribution in [3.8, 4) is 0 Å². The third-order valence-corrected chi connectivity index (χ3v) is 3.29. The highest BCUT2D eigenvalue weighted by atomic mass is 16.3. The Morgan fingerprint density at radius 3 is 2.72 bits per heavy atom. The minimum absolute atomic E-state index is 0.612. The zero-order valence-corrected chi connectivity index (χ0v) is 12.3. The van der Waals surface area contributed by atoms with Gasteiger partial charge in [0.25, 0.3) is 0 Å². The molecule has 3 heteroatoms. The van der Waals surface area contributed by atoms with Gasteiger partial charge in [0.2, 0.25) is 0 Å². The van der Waals surface area contributed by atoms with Gasteiger partial charge in [-0.1, -0.05) is 13.8 Å². The van der Waals surface area contributed by atoms with Crippen LogP contribution in [0, 0.1) is 5.92 Å². The zero-order chi connectivity index (χ0) is 13.4. The maximum absolute atomic E-state index is 5.09. The lowest BCUT2D eigenvalue weighted by molar-refractivity contribution is 0.233. The van der Waals surface area contributed by atoms with Gasteiger partial charge >= 0.3 is 0 Å². The van der Waals surface area contributed by atoms with E-state index in [1.54, 1.807) is 6.26 Å². The molecule has 1 aromatic heterocycles. The molecule has 0 aliphatic carbocycles. The molecular formula is C15H28N2O. The fourth-order valence-corrected chi connectivity index (χ4v) is 1.96. The number of nitrogens with one attached hydrogen (secondary N) is 1. The van der Waals surface area contributed by atoms with Gasteiger partial charge in [0.15, 0.2) is 0 Å². The molecule has 1 aromatic rings. The number of hydrogen-bond acceptors (Lipinski definition) is 3. The molecule has 0 aliphatic rings. The summed E-state index contributed by atoms with van der Waals surface area (Å²) in [5.41, 5.74) is 1.25.